The van der Waals surface area contributed by atoms with Crippen LogP contribution < -0.4 is 10.6 Å². The average molecular weight is 346 g/mol. The van der Waals surface area contributed by atoms with Gasteiger partial charge < -0.3 is 10.6 Å². The normalized spacial score (nSPS) is 13.8. The number of aryl methyl sites for hydroxylation is 1. The Balaban J connectivity index is 1.75. The summed E-state index contributed by atoms with van der Waals surface area (Å²) in [6, 6.07) is 8.19. The molecule has 5 heteroatoms. The van der Waals surface area contributed by atoms with Crippen LogP contribution in [0.25, 0.3) is 0 Å². The fourth-order valence-corrected chi connectivity index (χ4v) is 2.61. The summed E-state index contributed by atoms with van der Waals surface area (Å²) in [6.45, 7) is 2.01. The summed E-state index contributed by atoms with van der Waals surface area (Å²) < 4.78 is 0.871. The second-order valence-electron chi connectivity index (χ2n) is 5.32. The second kappa shape index (κ2) is 5.85. The van der Waals surface area contributed by atoms with E-state index in [-0.39, 0.29) is 5.91 Å². The Morgan fingerprint density at radius 3 is 2.81 bits per heavy atom. The molecule has 3 rings (SSSR count). The summed E-state index contributed by atoms with van der Waals surface area (Å²) >= 11 is 3.46. The molecule has 0 aliphatic heterocycles. The lowest BCUT2D eigenvalue weighted by atomic mass is 10.2. The molecule has 1 aliphatic carbocycles. The predicted molar refractivity (Wildman–Crippen MR) is 87.7 cm³/mol. The van der Waals surface area contributed by atoms with Crippen molar-refractivity contribution in [3.63, 3.8) is 0 Å². The van der Waals surface area contributed by atoms with Crippen molar-refractivity contribution in [2.45, 2.75) is 25.8 Å². The van der Waals surface area contributed by atoms with Crippen LogP contribution in [0.4, 0.5) is 11.4 Å². The molecule has 1 aromatic carbocycles. The van der Waals surface area contributed by atoms with Crippen LogP contribution in [0.3, 0.4) is 0 Å². The number of nitrogens with zero attached hydrogens (tertiary/aromatic N) is 1. The molecule has 0 radical (unpaired) electrons. The summed E-state index contributed by atoms with van der Waals surface area (Å²) in [4.78, 5) is 16.4. The van der Waals surface area contributed by atoms with Crippen molar-refractivity contribution >= 4 is 33.2 Å². The van der Waals surface area contributed by atoms with Crippen LogP contribution >= 0.6 is 15.9 Å². The van der Waals surface area contributed by atoms with Crippen molar-refractivity contribution in [1.82, 2.24) is 4.98 Å². The quantitative estimate of drug-likeness (QED) is 0.881. The first kappa shape index (κ1) is 14.1. The number of benzene rings is 1. The number of pyridine rings is 1. The number of amides is 1. The lowest BCUT2D eigenvalue weighted by molar-refractivity contribution is 0.102. The second-order valence-corrected chi connectivity index (χ2v) is 6.17. The van der Waals surface area contributed by atoms with Gasteiger partial charge in [0.25, 0.3) is 5.91 Å². The first-order chi connectivity index (χ1) is 10.1. The Kier molecular flexibility index (Phi) is 3.92. The molecule has 1 saturated carbocycles. The first-order valence-electron chi connectivity index (χ1n) is 6.91. The maximum absolute atomic E-state index is 12.3. The SMILES string of the molecule is Cc1ccc(NC(=O)c2cncc(NC3CC3)c2)c(Br)c1. The predicted octanol–water partition coefficient (Wildman–Crippen LogP) is 3.98. The fourth-order valence-electron chi connectivity index (χ4n) is 2.02. The van der Waals surface area contributed by atoms with Gasteiger partial charge in [0.1, 0.15) is 0 Å². The van der Waals surface area contributed by atoms with E-state index >= 15 is 0 Å². The highest BCUT2D eigenvalue weighted by molar-refractivity contribution is 9.10. The summed E-state index contributed by atoms with van der Waals surface area (Å²) in [6.07, 6.45) is 5.70. The number of hydrogen-bond acceptors (Lipinski definition) is 3. The Hall–Kier alpha value is -1.88. The molecule has 2 aromatic rings. The summed E-state index contributed by atoms with van der Waals surface area (Å²) in [5, 5.41) is 6.24. The third-order valence-electron chi connectivity index (χ3n) is 3.32. The van der Waals surface area contributed by atoms with Crippen LogP contribution in [0.1, 0.15) is 28.8 Å². The van der Waals surface area contributed by atoms with Gasteiger partial charge in [-0.1, -0.05) is 6.07 Å². The van der Waals surface area contributed by atoms with Gasteiger partial charge >= 0.3 is 0 Å². The summed E-state index contributed by atoms with van der Waals surface area (Å²) in [7, 11) is 0. The van der Waals surface area contributed by atoms with Gasteiger partial charge in [-0.15, -0.1) is 0 Å². The number of carbonyl (C=O) groups is 1. The highest BCUT2D eigenvalue weighted by Gasteiger charge is 2.21. The topological polar surface area (TPSA) is 54.0 Å². The lowest BCUT2D eigenvalue weighted by Gasteiger charge is -2.09. The Morgan fingerprint density at radius 2 is 2.10 bits per heavy atom. The van der Waals surface area contributed by atoms with E-state index in [2.05, 4.69) is 31.5 Å². The Bertz CT molecular complexity index is 683. The van der Waals surface area contributed by atoms with Crippen LogP contribution in [-0.2, 0) is 0 Å². The van der Waals surface area contributed by atoms with Gasteiger partial charge in [0.2, 0.25) is 0 Å². The Labute approximate surface area is 132 Å². The van der Waals surface area contributed by atoms with E-state index in [1.807, 2.05) is 31.2 Å². The molecule has 2 N–H and O–H groups in total. The zero-order valence-electron chi connectivity index (χ0n) is 11.7. The highest BCUT2D eigenvalue weighted by Crippen LogP contribution is 2.26. The largest absolute Gasteiger partial charge is 0.381 e. The van der Waals surface area contributed by atoms with E-state index in [9.17, 15) is 4.79 Å². The van der Waals surface area contributed by atoms with Crippen molar-refractivity contribution in [2.75, 3.05) is 10.6 Å². The zero-order chi connectivity index (χ0) is 14.8. The highest BCUT2D eigenvalue weighted by atomic mass is 79.9. The molecule has 0 spiro atoms. The minimum Gasteiger partial charge on any atom is -0.381 e. The summed E-state index contributed by atoms with van der Waals surface area (Å²) in [5.74, 6) is -0.161. The van der Waals surface area contributed by atoms with E-state index in [1.165, 1.54) is 12.8 Å². The van der Waals surface area contributed by atoms with Crippen molar-refractivity contribution in [2.24, 2.45) is 0 Å². The fraction of sp³-hybridized carbons (Fsp3) is 0.250. The molecule has 4 nitrogen and oxygen atoms in total. The van der Waals surface area contributed by atoms with E-state index in [1.54, 1.807) is 12.4 Å². The zero-order valence-corrected chi connectivity index (χ0v) is 13.3. The van der Waals surface area contributed by atoms with Crippen molar-refractivity contribution in [3.8, 4) is 0 Å². The van der Waals surface area contributed by atoms with Crippen LogP contribution in [0.15, 0.2) is 41.1 Å². The minimum atomic E-state index is -0.161. The average Bonchev–Trinajstić information content (AvgIpc) is 3.26. The number of halogens is 1. The van der Waals surface area contributed by atoms with Gasteiger partial charge in [0.15, 0.2) is 0 Å². The lowest BCUT2D eigenvalue weighted by Crippen LogP contribution is -2.13. The Morgan fingerprint density at radius 1 is 1.29 bits per heavy atom. The van der Waals surface area contributed by atoms with Crippen LogP contribution in [0, 0.1) is 6.92 Å². The molecule has 1 amide bonds. The molecule has 0 unspecified atom stereocenters. The molecule has 0 atom stereocenters. The van der Waals surface area contributed by atoms with Gasteiger partial charge in [-0.05, 0) is 59.5 Å². The molecule has 108 valence electrons. The molecular formula is C16H16BrN3O. The number of nitrogens with one attached hydrogen (secondary N) is 2. The summed E-state index contributed by atoms with van der Waals surface area (Å²) in [5.41, 5.74) is 3.34. The van der Waals surface area contributed by atoms with Crippen LogP contribution in [0.5, 0.6) is 0 Å². The van der Waals surface area contributed by atoms with Gasteiger partial charge in [0, 0.05) is 22.9 Å². The molecule has 1 fully saturated rings. The van der Waals surface area contributed by atoms with Crippen LogP contribution in [-0.4, -0.2) is 16.9 Å². The van der Waals surface area contributed by atoms with E-state index in [0.29, 0.717) is 11.6 Å². The third kappa shape index (κ3) is 3.61. The number of hydrogen-bond donors (Lipinski definition) is 2. The number of rotatable bonds is 4. The van der Waals surface area contributed by atoms with E-state index < -0.39 is 0 Å². The van der Waals surface area contributed by atoms with Gasteiger partial charge in [-0.2, -0.15) is 0 Å². The number of carbonyl (C=O) groups excluding carboxylic acids is 1. The van der Waals surface area contributed by atoms with Gasteiger partial charge in [-0.3, -0.25) is 9.78 Å². The third-order valence-corrected chi connectivity index (χ3v) is 3.98. The molecule has 1 aromatic heterocycles. The standard InChI is InChI=1S/C16H16BrN3O/c1-10-2-5-15(14(17)6-10)20-16(21)11-7-13(9-18-8-11)19-12-3-4-12/h2,5-9,12,19H,3-4H2,1H3,(H,20,21). The maximum atomic E-state index is 12.3. The smallest absolute Gasteiger partial charge is 0.257 e. The molecule has 0 bridgehead atoms. The van der Waals surface area contributed by atoms with Crippen molar-refractivity contribution in [3.05, 3.63) is 52.3 Å². The molecule has 21 heavy (non-hydrogen) atoms. The molecule has 1 heterocycles. The van der Waals surface area contributed by atoms with Crippen LogP contribution in [0.2, 0.25) is 0 Å². The van der Waals surface area contributed by atoms with Gasteiger partial charge in [0.05, 0.1) is 16.9 Å². The van der Waals surface area contributed by atoms with Crippen molar-refractivity contribution in [1.29, 1.82) is 0 Å². The van der Waals surface area contributed by atoms with Gasteiger partial charge in [-0.25, -0.2) is 0 Å². The number of aromatic nitrogens is 1. The molecule has 0 saturated heterocycles. The van der Waals surface area contributed by atoms with Crippen molar-refractivity contribution < 1.29 is 4.79 Å². The molecule has 1 aliphatic rings. The molecular weight excluding hydrogens is 330 g/mol. The number of anilines is 2. The first-order valence-corrected chi connectivity index (χ1v) is 7.70. The minimum absolute atomic E-state index is 0.161. The van der Waals surface area contributed by atoms with E-state index in [4.69, 9.17) is 0 Å². The maximum Gasteiger partial charge on any atom is 0.257 e. The monoisotopic (exact) mass is 345 g/mol. The van der Waals surface area contributed by atoms with E-state index in [0.717, 1.165) is 21.4 Å².